The zero-order valence-corrected chi connectivity index (χ0v) is 49.6. The number of benzene rings is 10. The van der Waals surface area contributed by atoms with Crippen LogP contribution in [0.15, 0.2) is 200 Å². The van der Waals surface area contributed by atoms with Crippen molar-refractivity contribution in [3.8, 4) is 44.9 Å². The lowest BCUT2D eigenvalue weighted by molar-refractivity contribution is 0.433. The molecule has 0 N–H and O–H groups in total. The second kappa shape index (κ2) is 16.8. The fraction of sp³-hybridized carbons (Fsp3) is 0.231. The molecular formula is C78H69NOS. The second-order valence-electron chi connectivity index (χ2n) is 27.7. The van der Waals surface area contributed by atoms with Crippen LogP contribution in [0.2, 0.25) is 0 Å². The topological polar surface area (TPSA) is 12.5 Å². The molecule has 0 atom stereocenters. The first kappa shape index (κ1) is 50.0. The average Bonchev–Trinajstić information content (AvgIpc) is 3.41. The molecule has 0 saturated carbocycles. The van der Waals surface area contributed by atoms with Crippen LogP contribution in [0.5, 0.6) is 11.5 Å². The van der Waals surface area contributed by atoms with Crippen LogP contribution in [0.3, 0.4) is 0 Å². The van der Waals surface area contributed by atoms with Gasteiger partial charge in [0.05, 0.1) is 16.5 Å². The highest BCUT2D eigenvalue weighted by atomic mass is 32.1. The summed E-state index contributed by atoms with van der Waals surface area (Å²) in [5.74, 6) is 1.81. The number of rotatable bonds is 3. The second-order valence-corrected chi connectivity index (χ2v) is 28.8. The SMILES string of the molecule is CC(C)(C)c1ccc2c(c1)C1(c3cc(C(C)(C)C)ccc3O2)c2ccccc2-c2ccc(N(c3ccc4c(c3)C3(c5ccccc5-4)c4cc(C(C)(C)C)ccc4-c4ccc(C(C)(C)C)cc43)c3cccc4sc5ccccc5c34)cc21. The van der Waals surface area contributed by atoms with Gasteiger partial charge in [0.15, 0.2) is 0 Å². The molecule has 11 aromatic rings. The van der Waals surface area contributed by atoms with E-state index in [1.807, 2.05) is 11.3 Å². The first-order valence-corrected chi connectivity index (χ1v) is 30.0. The van der Waals surface area contributed by atoms with E-state index in [9.17, 15) is 0 Å². The minimum atomic E-state index is -0.698. The lowest BCUT2D eigenvalue weighted by Crippen LogP contribution is -2.33. The summed E-state index contributed by atoms with van der Waals surface area (Å²) in [6, 6.07) is 78.0. The Hall–Kier alpha value is -7.98. The van der Waals surface area contributed by atoms with E-state index in [0.29, 0.717) is 0 Å². The summed E-state index contributed by atoms with van der Waals surface area (Å²) in [6.45, 7) is 28.1. The van der Waals surface area contributed by atoms with Crippen molar-refractivity contribution >= 4 is 48.6 Å². The van der Waals surface area contributed by atoms with Crippen molar-refractivity contribution in [2.45, 2.75) is 116 Å². The van der Waals surface area contributed by atoms with Gasteiger partial charge in [0, 0.05) is 42.7 Å². The van der Waals surface area contributed by atoms with Crippen molar-refractivity contribution in [3.05, 3.63) is 267 Å². The van der Waals surface area contributed by atoms with Gasteiger partial charge in [0.2, 0.25) is 0 Å². The molecule has 0 bridgehead atoms. The largest absolute Gasteiger partial charge is 0.457 e. The Morgan fingerprint density at radius 3 is 1.17 bits per heavy atom. The molecule has 15 rings (SSSR count). The van der Waals surface area contributed by atoms with Crippen molar-refractivity contribution in [2.75, 3.05) is 4.90 Å². The van der Waals surface area contributed by atoms with Gasteiger partial charge in [-0.2, -0.15) is 0 Å². The van der Waals surface area contributed by atoms with Crippen LogP contribution < -0.4 is 9.64 Å². The molecule has 398 valence electrons. The lowest BCUT2D eigenvalue weighted by Gasteiger charge is -2.41. The molecule has 2 nitrogen and oxygen atoms in total. The third kappa shape index (κ3) is 6.97. The number of anilines is 3. The molecule has 3 aliphatic carbocycles. The van der Waals surface area contributed by atoms with Gasteiger partial charge in [-0.05, 0) is 177 Å². The summed E-state index contributed by atoms with van der Waals surface area (Å²) in [5, 5.41) is 2.54. The Labute approximate surface area is 482 Å². The molecule has 2 heterocycles. The summed E-state index contributed by atoms with van der Waals surface area (Å²) < 4.78 is 9.69. The van der Waals surface area contributed by atoms with Gasteiger partial charge < -0.3 is 9.64 Å². The van der Waals surface area contributed by atoms with Crippen LogP contribution in [0.4, 0.5) is 17.1 Å². The van der Waals surface area contributed by atoms with Gasteiger partial charge in [-0.3, -0.25) is 0 Å². The highest BCUT2D eigenvalue weighted by molar-refractivity contribution is 7.26. The summed E-state index contributed by atoms with van der Waals surface area (Å²) in [5.41, 5.74) is 25.2. The van der Waals surface area contributed by atoms with Gasteiger partial charge in [-0.1, -0.05) is 217 Å². The van der Waals surface area contributed by atoms with Gasteiger partial charge in [0.1, 0.15) is 11.5 Å². The Balaban J connectivity index is 1.06. The highest BCUT2D eigenvalue weighted by Gasteiger charge is 2.54. The summed E-state index contributed by atoms with van der Waals surface area (Å²) in [6.07, 6.45) is 0. The number of nitrogens with zero attached hydrogens (tertiary/aromatic N) is 1. The molecule has 0 fully saturated rings. The zero-order valence-electron chi connectivity index (χ0n) is 48.8. The molecule has 2 spiro atoms. The van der Waals surface area contributed by atoms with Crippen molar-refractivity contribution < 1.29 is 4.74 Å². The first-order chi connectivity index (χ1) is 38.7. The summed E-state index contributed by atoms with van der Waals surface area (Å²) in [7, 11) is 0. The molecule has 0 amide bonds. The van der Waals surface area contributed by atoms with Crippen molar-refractivity contribution in [1.82, 2.24) is 0 Å². The Bertz CT molecular complexity index is 4370. The third-order valence-corrected chi connectivity index (χ3v) is 19.9. The zero-order chi connectivity index (χ0) is 55.9. The van der Waals surface area contributed by atoms with E-state index in [0.717, 1.165) is 28.6 Å². The minimum absolute atomic E-state index is 0.0537. The van der Waals surface area contributed by atoms with E-state index in [1.54, 1.807) is 0 Å². The summed E-state index contributed by atoms with van der Waals surface area (Å²) in [4.78, 5) is 2.61. The number of thiophene rings is 1. The molecule has 1 aliphatic heterocycles. The maximum atomic E-state index is 7.13. The molecular weight excluding hydrogens is 999 g/mol. The molecule has 0 radical (unpaired) electrons. The fourth-order valence-electron chi connectivity index (χ4n) is 14.6. The van der Waals surface area contributed by atoms with Crippen LogP contribution in [-0.2, 0) is 32.5 Å². The van der Waals surface area contributed by atoms with Crippen molar-refractivity contribution in [1.29, 1.82) is 0 Å². The smallest absolute Gasteiger partial charge is 0.132 e. The molecule has 10 aromatic carbocycles. The molecule has 0 saturated heterocycles. The maximum Gasteiger partial charge on any atom is 0.132 e. The minimum Gasteiger partial charge on any atom is -0.457 e. The molecule has 3 heteroatoms. The number of ether oxygens (including phenoxy) is 1. The lowest BCUT2D eigenvalue weighted by atomic mass is 9.64. The van der Waals surface area contributed by atoms with E-state index >= 15 is 0 Å². The number of hydrogen-bond acceptors (Lipinski definition) is 3. The molecule has 81 heavy (non-hydrogen) atoms. The predicted molar refractivity (Wildman–Crippen MR) is 342 cm³/mol. The van der Waals surface area contributed by atoms with Gasteiger partial charge in [-0.25, -0.2) is 0 Å². The molecule has 0 unspecified atom stereocenters. The summed E-state index contributed by atoms with van der Waals surface area (Å²) >= 11 is 1.88. The van der Waals surface area contributed by atoms with E-state index < -0.39 is 10.8 Å². The van der Waals surface area contributed by atoms with Crippen molar-refractivity contribution in [3.63, 3.8) is 0 Å². The molecule has 1 aromatic heterocycles. The monoisotopic (exact) mass is 1070 g/mol. The average molecular weight is 1070 g/mol. The van der Waals surface area contributed by atoms with Crippen LogP contribution in [-0.4, -0.2) is 0 Å². The van der Waals surface area contributed by atoms with E-state index in [4.69, 9.17) is 4.74 Å². The Kier molecular flexibility index (Phi) is 10.4. The van der Waals surface area contributed by atoms with Crippen LogP contribution in [0.25, 0.3) is 53.6 Å². The predicted octanol–water partition coefficient (Wildman–Crippen LogP) is 21.5. The standard InChI is InChI=1S/C78H69NOS/c1-73(2,3)46-28-34-54-55-35-29-47(74(4,5)6)41-62(55)77(61(54)40-46)59-23-16-13-20-52(59)56-36-32-50(44-63(56)77)79(67-25-19-27-71-72(67)58-22-15-18-26-70(58)81-71)51-33-37-57-53-21-14-17-24-60(53)78(64(57)45-51)65-42-48(75(7,8)9)30-38-68(65)80-69-39-31-49(43-66(69)78)76(10,11)12/h13-45H,1-12H3. The third-order valence-electron chi connectivity index (χ3n) is 18.8. The fourth-order valence-corrected chi connectivity index (χ4v) is 15.7. The quantitative estimate of drug-likeness (QED) is 0.175. The van der Waals surface area contributed by atoms with Gasteiger partial charge in [-0.15, -0.1) is 11.3 Å². The first-order valence-electron chi connectivity index (χ1n) is 29.1. The highest BCUT2D eigenvalue weighted by Crippen LogP contribution is 2.66. The van der Waals surface area contributed by atoms with Crippen LogP contribution in [0.1, 0.15) is 150 Å². The van der Waals surface area contributed by atoms with Crippen LogP contribution in [0, 0.1) is 0 Å². The van der Waals surface area contributed by atoms with Gasteiger partial charge in [0.25, 0.3) is 0 Å². The van der Waals surface area contributed by atoms with E-state index in [-0.39, 0.29) is 21.7 Å². The van der Waals surface area contributed by atoms with E-state index in [2.05, 4.69) is 288 Å². The molecule has 4 aliphatic rings. The normalized spacial score (nSPS) is 15.0. The maximum absolute atomic E-state index is 7.13. The Morgan fingerprint density at radius 1 is 0.321 bits per heavy atom. The van der Waals surface area contributed by atoms with E-state index in [1.165, 1.54) is 120 Å². The number of fused-ring (bicyclic) bond motifs is 22. The van der Waals surface area contributed by atoms with Crippen molar-refractivity contribution in [2.24, 2.45) is 0 Å². The Morgan fingerprint density at radius 2 is 0.691 bits per heavy atom. The van der Waals surface area contributed by atoms with Crippen LogP contribution >= 0.6 is 11.3 Å². The number of hydrogen-bond donors (Lipinski definition) is 0. The van der Waals surface area contributed by atoms with Gasteiger partial charge >= 0.3 is 0 Å².